The van der Waals surface area contributed by atoms with E-state index in [1.54, 1.807) is 24.3 Å². The molecule has 6 heteroatoms. The molecular formula is C25H31NO5. The molecule has 1 fully saturated rings. The Bertz CT molecular complexity index is 878. The summed E-state index contributed by atoms with van der Waals surface area (Å²) in [5, 5.41) is 12.5. The van der Waals surface area contributed by atoms with Crippen molar-refractivity contribution in [2.24, 2.45) is 0 Å². The normalized spacial score (nSPS) is 21.3. The predicted octanol–water partition coefficient (Wildman–Crippen LogP) is 4.58. The average Bonchev–Trinajstić information content (AvgIpc) is 2.73. The van der Waals surface area contributed by atoms with Gasteiger partial charge in [-0.05, 0) is 76.3 Å². The second kappa shape index (κ2) is 9.52. The van der Waals surface area contributed by atoms with E-state index in [1.165, 1.54) is 0 Å². The van der Waals surface area contributed by atoms with Gasteiger partial charge >= 0.3 is 11.9 Å². The molecule has 0 saturated heterocycles. The van der Waals surface area contributed by atoms with Gasteiger partial charge in [0.2, 0.25) is 0 Å². The number of ether oxygens (including phenoxy) is 2. The molecule has 0 atom stereocenters. The Kier molecular flexibility index (Phi) is 7.01. The number of aromatic carboxylic acids is 1. The second-order valence-electron chi connectivity index (χ2n) is 9.07. The molecule has 1 aliphatic rings. The Balaban J connectivity index is 1.69. The van der Waals surface area contributed by atoms with Crippen molar-refractivity contribution in [1.82, 2.24) is 5.32 Å². The smallest absolute Gasteiger partial charge is 0.335 e. The van der Waals surface area contributed by atoms with Crippen LogP contribution in [0.1, 0.15) is 62.4 Å². The second-order valence-corrected chi connectivity index (χ2v) is 9.07. The van der Waals surface area contributed by atoms with Crippen molar-refractivity contribution in [3.8, 4) is 5.75 Å². The summed E-state index contributed by atoms with van der Waals surface area (Å²) < 4.78 is 11.8. The SMILES string of the molecule is CC(C)(C)OC(=O)C1(NCc2ccc(C(=O)O)cc2)CCC(Oc2ccccc2)CC1. The van der Waals surface area contributed by atoms with Crippen LogP contribution in [0.2, 0.25) is 0 Å². The van der Waals surface area contributed by atoms with Crippen molar-refractivity contribution >= 4 is 11.9 Å². The molecule has 3 rings (SSSR count). The molecule has 31 heavy (non-hydrogen) atoms. The number of benzene rings is 2. The number of carbonyl (C=O) groups excluding carboxylic acids is 1. The van der Waals surface area contributed by atoms with E-state index in [2.05, 4.69) is 5.32 Å². The summed E-state index contributed by atoms with van der Waals surface area (Å²) in [5.74, 6) is -0.370. The first-order valence-electron chi connectivity index (χ1n) is 10.7. The van der Waals surface area contributed by atoms with Gasteiger partial charge in [-0.15, -0.1) is 0 Å². The summed E-state index contributed by atoms with van der Waals surface area (Å²) in [7, 11) is 0. The number of hydrogen-bond donors (Lipinski definition) is 2. The molecule has 0 aromatic heterocycles. The predicted molar refractivity (Wildman–Crippen MR) is 118 cm³/mol. The summed E-state index contributed by atoms with van der Waals surface area (Å²) >= 11 is 0. The summed E-state index contributed by atoms with van der Waals surface area (Å²) in [6, 6.07) is 16.4. The van der Waals surface area contributed by atoms with Crippen LogP contribution < -0.4 is 10.1 Å². The van der Waals surface area contributed by atoms with Gasteiger partial charge in [0.25, 0.3) is 0 Å². The van der Waals surface area contributed by atoms with Crippen LogP contribution in [0.5, 0.6) is 5.75 Å². The maximum absolute atomic E-state index is 13.2. The number of rotatable bonds is 7. The number of para-hydroxylation sites is 1. The Morgan fingerprint density at radius 1 is 1.03 bits per heavy atom. The largest absolute Gasteiger partial charge is 0.490 e. The molecule has 0 bridgehead atoms. The van der Waals surface area contributed by atoms with Crippen molar-refractivity contribution in [2.75, 3.05) is 0 Å². The van der Waals surface area contributed by atoms with Gasteiger partial charge in [0.15, 0.2) is 0 Å². The Hall–Kier alpha value is -2.86. The van der Waals surface area contributed by atoms with Crippen LogP contribution in [0.25, 0.3) is 0 Å². The van der Waals surface area contributed by atoms with Crippen LogP contribution in [0, 0.1) is 0 Å². The van der Waals surface area contributed by atoms with E-state index in [0.29, 0.717) is 19.4 Å². The summed E-state index contributed by atoms with van der Waals surface area (Å²) in [6.07, 6.45) is 2.73. The highest BCUT2D eigenvalue weighted by molar-refractivity contribution is 5.87. The maximum Gasteiger partial charge on any atom is 0.335 e. The average molecular weight is 426 g/mol. The Morgan fingerprint density at radius 2 is 1.65 bits per heavy atom. The van der Waals surface area contributed by atoms with Gasteiger partial charge in [0.05, 0.1) is 11.7 Å². The molecule has 0 aliphatic heterocycles. The van der Waals surface area contributed by atoms with Crippen molar-refractivity contribution in [2.45, 2.75) is 70.2 Å². The zero-order valence-corrected chi connectivity index (χ0v) is 18.4. The van der Waals surface area contributed by atoms with Gasteiger partial charge in [-0.3, -0.25) is 10.1 Å². The molecule has 0 amide bonds. The third-order valence-corrected chi connectivity index (χ3v) is 5.45. The van der Waals surface area contributed by atoms with Crippen LogP contribution >= 0.6 is 0 Å². The molecule has 0 unspecified atom stereocenters. The molecule has 166 valence electrons. The maximum atomic E-state index is 13.2. The zero-order chi connectivity index (χ0) is 22.5. The van der Waals surface area contributed by atoms with E-state index in [-0.39, 0.29) is 17.6 Å². The van der Waals surface area contributed by atoms with Crippen molar-refractivity contribution in [1.29, 1.82) is 0 Å². The Labute approximate surface area is 183 Å². The monoisotopic (exact) mass is 425 g/mol. The molecule has 2 N–H and O–H groups in total. The fraction of sp³-hybridized carbons (Fsp3) is 0.440. The highest BCUT2D eigenvalue weighted by Gasteiger charge is 2.44. The third-order valence-electron chi connectivity index (χ3n) is 5.45. The topological polar surface area (TPSA) is 84.9 Å². The molecule has 0 radical (unpaired) electrons. The summed E-state index contributed by atoms with van der Waals surface area (Å²) in [5.41, 5.74) is -0.221. The zero-order valence-electron chi connectivity index (χ0n) is 18.4. The number of hydrogen-bond acceptors (Lipinski definition) is 5. The lowest BCUT2D eigenvalue weighted by Crippen LogP contribution is -2.56. The standard InChI is InChI=1S/C25H31NO5/c1-24(2,3)31-23(29)25(26-17-18-9-11-19(12-10-18)22(27)28)15-13-21(14-16-25)30-20-7-5-4-6-8-20/h4-12,21,26H,13-17H2,1-3H3,(H,27,28). The highest BCUT2D eigenvalue weighted by atomic mass is 16.6. The lowest BCUT2D eigenvalue weighted by molar-refractivity contribution is -0.165. The van der Waals surface area contributed by atoms with Gasteiger partial charge < -0.3 is 14.6 Å². The minimum absolute atomic E-state index is 0.0506. The molecular weight excluding hydrogens is 394 g/mol. The van der Waals surface area contributed by atoms with Gasteiger partial charge in [-0.1, -0.05) is 30.3 Å². The van der Waals surface area contributed by atoms with E-state index >= 15 is 0 Å². The fourth-order valence-electron chi connectivity index (χ4n) is 3.76. The van der Waals surface area contributed by atoms with Gasteiger partial charge in [-0.2, -0.15) is 0 Å². The van der Waals surface area contributed by atoms with Crippen LogP contribution in [0.3, 0.4) is 0 Å². The minimum Gasteiger partial charge on any atom is -0.490 e. The van der Waals surface area contributed by atoms with Crippen LogP contribution in [0.4, 0.5) is 0 Å². The quantitative estimate of drug-likeness (QED) is 0.632. The van der Waals surface area contributed by atoms with Crippen molar-refractivity contribution < 1.29 is 24.2 Å². The highest BCUT2D eigenvalue weighted by Crippen LogP contribution is 2.33. The van der Waals surface area contributed by atoms with Crippen LogP contribution in [0.15, 0.2) is 54.6 Å². The van der Waals surface area contributed by atoms with E-state index in [9.17, 15) is 9.59 Å². The van der Waals surface area contributed by atoms with Gasteiger partial charge in [0, 0.05) is 6.54 Å². The number of nitrogens with one attached hydrogen (secondary N) is 1. The van der Waals surface area contributed by atoms with E-state index in [4.69, 9.17) is 14.6 Å². The molecule has 1 saturated carbocycles. The van der Waals surface area contributed by atoms with E-state index in [0.717, 1.165) is 24.2 Å². The van der Waals surface area contributed by atoms with Crippen molar-refractivity contribution in [3.05, 3.63) is 65.7 Å². The molecule has 0 spiro atoms. The first-order chi connectivity index (χ1) is 14.7. The molecule has 0 heterocycles. The number of esters is 1. The third kappa shape index (κ3) is 6.31. The van der Waals surface area contributed by atoms with Gasteiger partial charge in [0.1, 0.15) is 16.9 Å². The van der Waals surface area contributed by atoms with Crippen molar-refractivity contribution in [3.63, 3.8) is 0 Å². The first-order valence-corrected chi connectivity index (χ1v) is 10.7. The number of carbonyl (C=O) groups is 2. The lowest BCUT2D eigenvalue weighted by Gasteiger charge is -2.40. The Morgan fingerprint density at radius 3 is 2.19 bits per heavy atom. The van der Waals surface area contributed by atoms with Crippen LogP contribution in [-0.4, -0.2) is 34.3 Å². The minimum atomic E-state index is -0.957. The first kappa shape index (κ1) is 22.8. The molecule has 1 aliphatic carbocycles. The summed E-state index contributed by atoms with van der Waals surface area (Å²) in [4.78, 5) is 24.2. The van der Waals surface area contributed by atoms with Gasteiger partial charge in [-0.25, -0.2) is 4.79 Å². The molecule has 2 aromatic rings. The molecule has 2 aromatic carbocycles. The number of carboxylic acid groups (broad SMARTS) is 1. The van der Waals surface area contributed by atoms with E-state index < -0.39 is 17.1 Å². The van der Waals surface area contributed by atoms with E-state index in [1.807, 2.05) is 51.1 Å². The lowest BCUT2D eigenvalue weighted by atomic mass is 9.79. The number of carboxylic acids is 1. The fourth-order valence-corrected chi connectivity index (χ4v) is 3.76. The molecule has 6 nitrogen and oxygen atoms in total. The summed E-state index contributed by atoms with van der Waals surface area (Å²) in [6.45, 7) is 6.05. The van der Waals surface area contributed by atoms with Crippen LogP contribution in [-0.2, 0) is 16.1 Å².